The lowest BCUT2D eigenvalue weighted by molar-refractivity contribution is 0.405. The molecule has 0 amide bonds. The van der Waals surface area contributed by atoms with Gasteiger partial charge >= 0.3 is 0 Å². The Hall–Kier alpha value is -0.710. The first-order chi connectivity index (χ1) is 10.8. The zero-order valence-electron chi connectivity index (χ0n) is 13.4. The minimum atomic E-state index is -3.72. The van der Waals surface area contributed by atoms with Gasteiger partial charge in [0.25, 0.3) is 0 Å². The third kappa shape index (κ3) is 4.90. The zero-order valence-corrected chi connectivity index (χ0v) is 15.9. The Labute approximate surface area is 149 Å². The third-order valence-electron chi connectivity index (χ3n) is 4.24. The predicted octanol–water partition coefficient (Wildman–Crippen LogP) is 0.812. The Kier molecular flexibility index (Phi) is 7.64. The summed E-state index contributed by atoms with van der Waals surface area (Å²) >= 11 is 0. The van der Waals surface area contributed by atoms with E-state index >= 15 is 0 Å². The number of hydrogen-bond donors (Lipinski definition) is 3. The summed E-state index contributed by atoms with van der Waals surface area (Å²) in [4.78, 5) is 0.0501. The maximum Gasteiger partial charge on any atom is 0.240 e. The van der Waals surface area contributed by atoms with E-state index in [0.717, 1.165) is 25.7 Å². The van der Waals surface area contributed by atoms with Crippen LogP contribution in [0.15, 0.2) is 34.1 Å². The van der Waals surface area contributed by atoms with Crippen LogP contribution in [-0.4, -0.2) is 36.5 Å². The van der Waals surface area contributed by atoms with Crippen molar-refractivity contribution >= 4 is 32.5 Å². The summed E-state index contributed by atoms with van der Waals surface area (Å²) < 4.78 is 53.1. The van der Waals surface area contributed by atoms with Crippen LogP contribution in [-0.2, 0) is 20.0 Å². The normalized spacial score (nSPS) is 17.4. The van der Waals surface area contributed by atoms with E-state index in [2.05, 4.69) is 9.44 Å². The van der Waals surface area contributed by atoms with E-state index in [-0.39, 0.29) is 40.7 Å². The third-order valence-corrected chi connectivity index (χ3v) is 7.18. The number of nitrogens with one attached hydrogen (secondary N) is 2. The molecule has 0 aromatic heterocycles. The van der Waals surface area contributed by atoms with Crippen LogP contribution in [0.25, 0.3) is 0 Å². The van der Waals surface area contributed by atoms with Crippen LogP contribution in [0.1, 0.15) is 25.7 Å². The molecule has 24 heavy (non-hydrogen) atoms. The van der Waals surface area contributed by atoms with Crippen LogP contribution in [0, 0.1) is 5.92 Å². The minimum absolute atomic E-state index is 0. The van der Waals surface area contributed by atoms with Gasteiger partial charge in [0, 0.05) is 12.6 Å². The van der Waals surface area contributed by atoms with E-state index < -0.39 is 20.0 Å². The standard InChI is InChI=1S/C14H23N3O4S2.ClH/c1-16-22(18,19)12-6-8-13(9-7-12)23(20,21)17-14(10-15)11-4-2-3-5-11;/h6-9,11,14,16-17H,2-5,10,15H2,1H3;1H. The minimum Gasteiger partial charge on any atom is -0.329 e. The summed E-state index contributed by atoms with van der Waals surface area (Å²) in [5, 5.41) is 0. The number of halogens is 1. The maximum atomic E-state index is 12.5. The van der Waals surface area contributed by atoms with Gasteiger partial charge in [-0.25, -0.2) is 26.3 Å². The Balaban J connectivity index is 0.00000288. The topological polar surface area (TPSA) is 118 Å². The molecule has 1 aliphatic carbocycles. The van der Waals surface area contributed by atoms with E-state index in [1.807, 2.05) is 0 Å². The fraction of sp³-hybridized carbons (Fsp3) is 0.571. The molecule has 0 bridgehead atoms. The van der Waals surface area contributed by atoms with Crippen molar-refractivity contribution in [1.29, 1.82) is 0 Å². The largest absolute Gasteiger partial charge is 0.329 e. The number of rotatable bonds is 7. The van der Waals surface area contributed by atoms with Gasteiger partial charge in [-0.2, -0.15) is 0 Å². The molecule has 1 aliphatic rings. The second kappa shape index (κ2) is 8.59. The van der Waals surface area contributed by atoms with Gasteiger partial charge in [0.1, 0.15) is 0 Å². The highest BCUT2D eigenvalue weighted by atomic mass is 35.5. The van der Waals surface area contributed by atoms with E-state index in [0.29, 0.717) is 0 Å². The molecule has 0 saturated heterocycles. The maximum absolute atomic E-state index is 12.5. The van der Waals surface area contributed by atoms with E-state index in [4.69, 9.17) is 5.73 Å². The van der Waals surface area contributed by atoms with Crippen molar-refractivity contribution in [3.05, 3.63) is 24.3 Å². The van der Waals surface area contributed by atoms with Crippen molar-refractivity contribution in [2.24, 2.45) is 11.7 Å². The molecular weight excluding hydrogens is 374 g/mol. The SMILES string of the molecule is CNS(=O)(=O)c1ccc(S(=O)(=O)NC(CN)C2CCCC2)cc1.Cl. The lowest BCUT2D eigenvalue weighted by Crippen LogP contribution is -2.44. The average Bonchev–Trinajstić information content (AvgIpc) is 3.07. The molecule has 1 aromatic rings. The van der Waals surface area contributed by atoms with Crippen LogP contribution < -0.4 is 15.2 Å². The van der Waals surface area contributed by atoms with Crippen LogP contribution in [0.2, 0.25) is 0 Å². The number of hydrogen-bond acceptors (Lipinski definition) is 5. The van der Waals surface area contributed by atoms with Gasteiger partial charge in [0.05, 0.1) is 9.79 Å². The Bertz CT molecular complexity index is 730. The molecule has 1 saturated carbocycles. The first-order valence-electron chi connectivity index (χ1n) is 7.56. The van der Waals surface area contributed by atoms with Crippen molar-refractivity contribution in [2.45, 2.75) is 41.5 Å². The van der Waals surface area contributed by atoms with Crippen LogP contribution in [0.3, 0.4) is 0 Å². The Morgan fingerprint density at radius 3 is 1.92 bits per heavy atom. The molecule has 10 heteroatoms. The highest BCUT2D eigenvalue weighted by Gasteiger charge is 2.28. The summed E-state index contributed by atoms with van der Waals surface area (Å²) in [6, 6.07) is 4.83. The van der Waals surface area contributed by atoms with E-state index in [9.17, 15) is 16.8 Å². The van der Waals surface area contributed by atoms with Gasteiger partial charge in [-0.05, 0) is 50.1 Å². The van der Waals surface area contributed by atoms with Gasteiger partial charge in [0.2, 0.25) is 20.0 Å². The average molecular weight is 398 g/mol. The van der Waals surface area contributed by atoms with Crippen LogP contribution >= 0.6 is 12.4 Å². The van der Waals surface area contributed by atoms with Crippen molar-refractivity contribution in [1.82, 2.24) is 9.44 Å². The monoisotopic (exact) mass is 397 g/mol. The van der Waals surface area contributed by atoms with Crippen LogP contribution in [0.4, 0.5) is 0 Å². The quantitative estimate of drug-likeness (QED) is 0.629. The molecule has 2 rings (SSSR count). The van der Waals surface area contributed by atoms with Crippen molar-refractivity contribution in [2.75, 3.05) is 13.6 Å². The van der Waals surface area contributed by atoms with Gasteiger partial charge in [-0.1, -0.05) is 12.8 Å². The number of nitrogens with two attached hydrogens (primary N) is 1. The zero-order chi connectivity index (χ0) is 17.1. The van der Waals surface area contributed by atoms with Gasteiger partial charge in [-0.15, -0.1) is 12.4 Å². The molecular formula is C14H24ClN3O4S2. The van der Waals surface area contributed by atoms with Gasteiger partial charge < -0.3 is 5.73 Å². The molecule has 138 valence electrons. The second-order valence-electron chi connectivity index (χ2n) is 5.69. The lowest BCUT2D eigenvalue weighted by Gasteiger charge is -2.23. The Morgan fingerprint density at radius 2 is 1.50 bits per heavy atom. The molecule has 0 aliphatic heterocycles. The van der Waals surface area contributed by atoms with Crippen LogP contribution in [0.5, 0.6) is 0 Å². The summed E-state index contributed by atoms with van der Waals surface area (Å²) in [5.74, 6) is 0.263. The predicted molar refractivity (Wildman–Crippen MR) is 95.1 cm³/mol. The van der Waals surface area contributed by atoms with E-state index in [1.54, 1.807) is 0 Å². The highest BCUT2D eigenvalue weighted by molar-refractivity contribution is 7.90. The lowest BCUT2D eigenvalue weighted by atomic mass is 9.99. The molecule has 0 radical (unpaired) electrons. The number of benzene rings is 1. The summed E-state index contributed by atoms with van der Waals surface area (Å²) in [7, 11) is -6.01. The molecule has 4 N–H and O–H groups in total. The summed E-state index contributed by atoms with van der Waals surface area (Å²) in [5.41, 5.74) is 5.72. The second-order valence-corrected chi connectivity index (χ2v) is 9.29. The first kappa shape index (κ1) is 21.3. The molecule has 1 atom stereocenters. The molecule has 7 nitrogen and oxygen atoms in total. The number of sulfonamides is 2. The summed E-state index contributed by atoms with van der Waals surface area (Å²) in [6.45, 7) is 0.246. The van der Waals surface area contributed by atoms with Gasteiger partial charge in [0.15, 0.2) is 0 Å². The van der Waals surface area contributed by atoms with Crippen molar-refractivity contribution in [3.63, 3.8) is 0 Å². The summed E-state index contributed by atoms with van der Waals surface area (Å²) in [6.07, 6.45) is 4.15. The fourth-order valence-electron chi connectivity index (χ4n) is 2.88. The fourth-order valence-corrected chi connectivity index (χ4v) is 4.93. The molecule has 0 heterocycles. The molecule has 1 unspecified atom stereocenters. The molecule has 1 fully saturated rings. The first-order valence-corrected chi connectivity index (χ1v) is 10.5. The van der Waals surface area contributed by atoms with Crippen molar-refractivity contribution < 1.29 is 16.8 Å². The van der Waals surface area contributed by atoms with Crippen molar-refractivity contribution in [3.8, 4) is 0 Å². The molecule has 0 spiro atoms. The Morgan fingerprint density at radius 1 is 1.04 bits per heavy atom. The van der Waals surface area contributed by atoms with E-state index in [1.165, 1.54) is 31.3 Å². The smallest absolute Gasteiger partial charge is 0.240 e. The molecule has 1 aromatic carbocycles. The van der Waals surface area contributed by atoms with Gasteiger partial charge in [-0.3, -0.25) is 0 Å². The highest BCUT2D eigenvalue weighted by Crippen LogP contribution is 2.28.